The number of thioether (sulfide) groups is 1. The summed E-state index contributed by atoms with van der Waals surface area (Å²) >= 11 is 1.58. The van der Waals surface area contributed by atoms with Gasteiger partial charge in [0.1, 0.15) is 12.1 Å². The molecule has 1 rings (SSSR count). The summed E-state index contributed by atoms with van der Waals surface area (Å²) in [5.74, 6) is -1.78. The van der Waals surface area contributed by atoms with Gasteiger partial charge in [0.25, 0.3) is 0 Å². The van der Waals surface area contributed by atoms with Crippen LogP contribution in [0.15, 0.2) is 0 Å². The van der Waals surface area contributed by atoms with Gasteiger partial charge < -0.3 is 26.4 Å². The average Bonchev–Trinajstić information content (AvgIpc) is 3.17. The molecular formula is C18H32N4O5S. The van der Waals surface area contributed by atoms with E-state index in [0.717, 1.165) is 5.75 Å². The SMILES string of the molecule is CCC(C)C(NC(=O)CNC(=O)C(N)CCSC)C(=O)N1CCCC1C(=O)O. The summed E-state index contributed by atoms with van der Waals surface area (Å²) in [4.78, 5) is 49.8. The molecule has 28 heavy (non-hydrogen) atoms. The number of hydrogen-bond acceptors (Lipinski definition) is 6. The maximum atomic E-state index is 12.9. The highest BCUT2D eigenvalue weighted by atomic mass is 32.2. The fourth-order valence-corrected chi connectivity index (χ4v) is 3.54. The standard InChI is InChI=1S/C18H32N4O5S/c1-4-11(2)15(17(25)22-8-5-6-13(22)18(26)27)21-14(23)10-20-16(24)12(19)7-9-28-3/h11-13,15H,4-10,19H2,1-3H3,(H,20,24)(H,21,23)(H,26,27). The van der Waals surface area contributed by atoms with E-state index >= 15 is 0 Å². The third-order valence-corrected chi connectivity index (χ3v) is 5.65. The van der Waals surface area contributed by atoms with Crippen LogP contribution in [0, 0.1) is 5.92 Å². The van der Waals surface area contributed by atoms with E-state index in [4.69, 9.17) is 5.73 Å². The molecule has 1 aliphatic heterocycles. The van der Waals surface area contributed by atoms with E-state index < -0.39 is 41.8 Å². The first-order valence-corrected chi connectivity index (χ1v) is 11.0. The Morgan fingerprint density at radius 1 is 1.32 bits per heavy atom. The van der Waals surface area contributed by atoms with Gasteiger partial charge in [0.15, 0.2) is 0 Å². The van der Waals surface area contributed by atoms with Crippen molar-refractivity contribution in [3.63, 3.8) is 0 Å². The van der Waals surface area contributed by atoms with Gasteiger partial charge in [-0.3, -0.25) is 14.4 Å². The Morgan fingerprint density at radius 2 is 2.00 bits per heavy atom. The quantitative estimate of drug-likeness (QED) is 0.365. The Kier molecular flexibility index (Phi) is 10.3. The van der Waals surface area contributed by atoms with Gasteiger partial charge in [-0.05, 0) is 37.2 Å². The van der Waals surface area contributed by atoms with E-state index in [2.05, 4.69) is 10.6 Å². The van der Waals surface area contributed by atoms with Gasteiger partial charge in [0, 0.05) is 6.54 Å². The molecule has 1 saturated heterocycles. The number of carbonyl (C=O) groups excluding carboxylic acids is 3. The van der Waals surface area contributed by atoms with Crippen LogP contribution in [-0.2, 0) is 19.2 Å². The van der Waals surface area contributed by atoms with Gasteiger partial charge in [-0.2, -0.15) is 11.8 Å². The van der Waals surface area contributed by atoms with Crippen molar-refractivity contribution in [3.8, 4) is 0 Å². The summed E-state index contributed by atoms with van der Waals surface area (Å²) in [6, 6.07) is -2.38. The van der Waals surface area contributed by atoms with Crippen molar-refractivity contribution in [3.05, 3.63) is 0 Å². The average molecular weight is 417 g/mol. The Labute approximate surface area is 170 Å². The molecule has 0 aliphatic carbocycles. The number of carbonyl (C=O) groups is 4. The predicted octanol–water partition coefficient (Wildman–Crippen LogP) is -0.210. The van der Waals surface area contributed by atoms with Gasteiger partial charge in [0.2, 0.25) is 17.7 Å². The maximum absolute atomic E-state index is 12.9. The zero-order chi connectivity index (χ0) is 21.3. The highest BCUT2D eigenvalue weighted by Crippen LogP contribution is 2.21. The number of likely N-dealkylation sites (tertiary alicyclic amines) is 1. The fourth-order valence-electron chi connectivity index (χ4n) is 3.05. The molecule has 0 aromatic heterocycles. The molecule has 0 bridgehead atoms. The van der Waals surface area contributed by atoms with Crippen LogP contribution < -0.4 is 16.4 Å². The normalized spacial score (nSPS) is 19.6. The number of hydrogen-bond donors (Lipinski definition) is 4. The van der Waals surface area contributed by atoms with E-state index in [1.807, 2.05) is 20.1 Å². The molecule has 160 valence electrons. The zero-order valence-electron chi connectivity index (χ0n) is 16.8. The summed E-state index contributed by atoms with van der Waals surface area (Å²) in [6.45, 7) is 3.79. The number of aliphatic carboxylic acids is 1. The number of carboxylic acid groups (broad SMARTS) is 1. The Morgan fingerprint density at radius 3 is 2.57 bits per heavy atom. The molecule has 0 radical (unpaired) electrons. The summed E-state index contributed by atoms with van der Waals surface area (Å²) in [5, 5.41) is 14.5. The van der Waals surface area contributed by atoms with E-state index in [1.54, 1.807) is 11.8 Å². The fraction of sp³-hybridized carbons (Fsp3) is 0.778. The molecule has 4 atom stereocenters. The summed E-state index contributed by atoms with van der Waals surface area (Å²) < 4.78 is 0. The van der Waals surface area contributed by atoms with Gasteiger partial charge in [-0.15, -0.1) is 0 Å². The van der Waals surface area contributed by atoms with Crippen molar-refractivity contribution in [1.82, 2.24) is 15.5 Å². The molecule has 1 heterocycles. The van der Waals surface area contributed by atoms with E-state index in [9.17, 15) is 24.3 Å². The van der Waals surface area contributed by atoms with Crippen LogP contribution in [0.4, 0.5) is 0 Å². The van der Waals surface area contributed by atoms with Crippen LogP contribution >= 0.6 is 11.8 Å². The monoisotopic (exact) mass is 416 g/mol. The minimum Gasteiger partial charge on any atom is -0.480 e. The minimum absolute atomic E-state index is 0.175. The van der Waals surface area contributed by atoms with Gasteiger partial charge >= 0.3 is 5.97 Å². The van der Waals surface area contributed by atoms with Crippen molar-refractivity contribution < 1.29 is 24.3 Å². The highest BCUT2D eigenvalue weighted by molar-refractivity contribution is 7.98. The molecule has 0 spiro atoms. The van der Waals surface area contributed by atoms with Gasteiger partial charge in [-0.25, -0.2) is 4.79 Å². The van der Waals surface area contributed by atoms with Crippen LogP contribution in [0.3, 0.4) is 0 Å². The lowest BCUT2D eigenvalue weighted by Crippen LogP contribution is -2.56. The Balaban J connectivity index is 2.68. The molecule has 4 unspecified atom stereocenters. The van der Waals surface area contributed by atoms with Crippen LogP contribution in [0.5, 0.6) is 0 Å². The van der Waals surface area contributed by atoms with Crippen LogP contribution in [0.1, 0.15) is 39.5 Å². The third-order valence-electron chi connectivity index (χ3n) is 5.01. The molecule has 1 aliphatic rings. The Hall–Kier alpha value is -1.81. The molecule has 3 amide bonds. The smallest absolute Gasteiger partial charge is 0.326 e. The van der Waals surface area contributed by atoms with E-state index in [0.29, 0.717) is 32.2 Å². The topological polar surface area (TPSA) is 142 Å². The van der Waals surface area contributed by atoms with Crippen LogP contribution in [-0.4, -0.2) is 76.9 Å². The van der Waals surface area contributed by atoms with Crippen LogP contribution in [0.25, 0.3) is 0 Å². The molecule has 0 saturated carbocycles. The predicted molar refractivity (Wildman–Crippen MR) is 108 cm³/mol. The number of rotatable bonds is 11. The van der Waals surface area contributed by atoms with E-state index in [1.165, 1.54) is 4.90 Å². The number of nitrogens with zero attached hydrogens (tertiary/aromatic N) is 1. The number of carboxylic acids is 1. The summed E-state index contributed by atoms with van der Waals surface area (Å²) in [5.41, 5.74) is 5.76. The minimum atomic E-state index is -1.04. The zero-order valence-corrected chi connectivity index (χ0v) is 17.6. The summed E-state index contributed by atoms with van der Waals surface area (Å²) in [6.07, 6.45) is 4.09. The largest absolute Gasteiger partial charge is 0.480 e. The molecule has 9 nitrogen and oxygen atoms in total. The lowest BCUT2D eigenvalue weighted by molar-refractivity contribution is -0.150. The second-order valence-electron chi connectivity index (χ2n) is 7.06. The lowest BCUT2D eigenvalue weighted by Gasteiger charge is -2.30. The van der Waals surface area contributed by atoms with Crippen molar-refractivity contribution in [1.29, 1.82) is 0 Å². The van der Waals surface area contributed by atoms with Gasteiger partial charge in [-0.1, -0.05) is 20.3 Å². The van der Waals surface area contributed by atoms with Gasteiger partial charge in [0.05, 0.1) is 12.6 Å². The molecular weight excluding hydrogens is 384 g/mol. The summed E-state index contributed by atoms with van der Waals surface area (Å²) in [7, 11) is 0. The van der Waals surface area contributed by atoms with Crippen molar-refractivity contribution >= 4 is 35.5 Å². The first kappa shape index (κ1) is 24.2. The number of nitrogens with two attached hydrogens (primary N) is 1. The second-order valence-corrected chi connectivity index (χ2v) is 8.05. The maximum Gasteiger partial charge on any atom is 0.326 e. The first-order chi connectivity index (χ1) is 13.2. The van der Waals surface area contributed by atoms with Crippen molar-refractivity contribution in [2.45, 2.75) is 57.7 Å². The number of amides is 3. The molecule has 10 heteroatoms. The Bertz CT molecular complexity index is 574. The highest BCUT2D eigenvalue weighted by Gasteiger charge is 2.39. The lowest BCUT2D eigenvalue weighted by atomic mass is 9.97. The molecule has 0 aromatic rings. The third kappa shape index (κ3) is 6.97. The van der Waals surface area contributed by atoms with Crippen molar-refractivity contribution in [2.75, 3.05) is 25.1 Å². The van der Waals surface area contributed by atoms with Crippen molar-refractivity contribution in [2.24, 2.45) is 11.7 Å². The molecule has 1 fully saturated rings. The number of nitrogens with one attached hydrogen (secondary N) is 2. The first-order valence-electron chi connectivity index (χ1n) is 9.57. The van der Waals surface area contributed by atoms with E-state index in [-0.39, 0.29) is 12.5 Å². The second kappa shape index (κ2) is 11.9. The van der Waals surface area contributed by atoms with Crippen LogP contribution in [0.2, 0.25) is 0 Å². The molecule has 5 N–H and O–H groups in total. The molecule has 0 aromatic carbocycles.